The van der Waals surface area contributed by atoms with Crippen molar-refractivity contribution in [3.8, 4) is 0 Å². The van der Waals surface area contributed by atoms with Crippen LogP contribution in [0.25, 0.3) is 6.08 Å². The molecule has 0 unspecified atom stereocenters. The third-order valence-electron chi connectivity index (χ3n) is 4.14. The van der Waals surface area contributed by atoms with E-state index < -0.39 is 0 Å². The Labute approximate surface area is 165 Å². The minimum Gasteiger partial charge on any atom is -0.268 e. The van der Waals surface area contributed by atoms with E-state index in [0.717, 1.165) is 37.6 Å². The van der Waals surface area contributed by atoms with Crippen LogP contribution in [0.1, 0.15) is 27.8 Å². The summed E-state index contributed by atoms with van der Waals surface area (Å²) in [5.41, 5.74) is 5.39. The second-order valence-electron chi connectivity index (χ2n) is 6.21. The lowest BCUT2D eigenvalue weighted by Gasteiger charge is -2.12. The minimum absolute atomic E-state index is 0.211. The molecule has 2 aromatic carbocycles. The lowest BCUT2D eigenvalue weighted by Crippen LogP contribution is -2.27. The number of aryl methyl sites for hydroxylation is 3. The van der Waals surface area contributed by atoms with Crippen LogP contribution < -0.4 is 0 Å². The van der Waals surface area contributed by atoms with E-state index in [1.807, 2.05) is 44.2 Å². The monoisotopic (exact) mass is 463 g/mol. The molecule has 5 heteroatoms. The summed E-state index contributed by atoms with van der Waals surface area (Å²) in [7, 11) is 0. The van der Waals surface area contributed by atoms with Crippen LogP contribution in [0.15, 0.2) is 41.3 Å². The molecule has 0 aromatic heterocycles. The zero-order valence-corrected chi connectivity index (χ0v) is 17.3. The van der Waals surface area contributed by atoms with E-state index in [1.54, 1.807) is 0 Å². The first-order valence-corrected chi connectivity index (χ1v) is 9.82. The van der Waals surface area contributed by atoms with Crippen LogP contribution in [-0.2, 0) is 11.3 Å². The number of halogens is 1. The Kier molecular flexibility index (Phi) is 5.34. The van der Waals surface area contributed by atoms with Crippen LogP contribution in [0.3, 0.4) is 0 Å². The molecule has 0 N–H and O–H groups in total. The first kappa shape index (κ1) is 18.2. The quantitative estimate of drug-likeness (QED) is 0.449. The lowest BCUT2D eigenvalue weighted by molar-refractivity contribution is -0.123. The van der Waals surface area contributed by atoms with Crippen molar-refractivity contribution in [3.05, 3.63) is 72.7 Å². The zero-order chi connectivity index (χ0) is 18.1. The largest absolute Gasteiger partial charge is 0.293 e. The van der Waals surface area contributed by atoms with Gasteiger partial charge >= 0.3 is 0 Å². The van der Waals surface area contributed by atoms with Crippen LogP contribution in [0.4, 0.5) is 4.79 Å². The van der Waals surface area contributed by atoms with Crippen LogP contribution in [0.5, 0.6) is 0 Å². The maximum Gasteiger partial charge on any atom is 0.293 e. The summed E-state index contributed by atoms with van der Waals surface area (Å²) in [6.45, 7) is 6.42. The summed E-state index contributed by atoms with van der Waals surface area (Å²) in [6.07, 6.45) is 1.85. The van der Waals surface area contributed by atoms with Gasteiger partial charge in [-0.2, -0.15) is 0 Å². The highest BCUT2D eigenvalue weighted by atomic mass is 127. The highest BCUT2D eigenvalue weighted by Crippen LogP contribution is 2.34. The van der Waals surface area contributed by atoms with Crippen molar-refractivity contribution in [2.45, 2.75) is 27.3 Å². The number of rotatable bonds is 3. The standard InChI is InChI=1S/C20H18INO2S/c1-12-8-13(2)17(14(3)9-12)10-18-19(23)22(20(24)25-18)11-15-4-6-16(21)7-5-15/h4-10H,11H2,1-3H3/b18-10-. The summed E-state index contributed by atoms with van der Waals surface area (Å²) in [4.78, 5) is 26.8. The van der Waals surface area contributed by atoms with Crippen LogP contribution in [0, 0.1) is 24.3 Å². The average molecular weight is 463 g/mol. The third kappa shape index (κ3) is 3.98. The van der Waals surface area contributed by atoms with Crippen molar-refractivity contribution >= 4 is 51.6 Å². The van der Waals surface area contributed by atoms with E-state index >= 15 is 0 Å². The van der Waals surface area contributed by atoms with Gasteiger partial charge < -0.3 is 0 Å². The van der Waals surface area contributed by atoms with E-state index in [-0.39, 0.29) is 11.1 Å². The molecule has 0 spiro atoms. The molecule has 25 heavy (non-hydrogen) atoms. The maximum absolute atomic E-state index is 12.7. The third-order valence-corrected chi connectivity index (χ3v) is 5.77. The number of benzene rings is 2. The summed E-state index contributed by atoms with van der Waals surface area (Å²) >= 11 is 3.25. The highest BCUT2D eigenvalue weighted by Gasteiger charge is 2.35. The molecule has 1 saturated heterocycles. The molecule has 0 atom stereocenters. The molecule has 3 rings (SSSR count). The molecule has 0 saturated carbocycles. The zero-order valence-electron chi connectivity index (χ0n) is 14.3. The topological polar surface area (TPSA) is 37.4 Å². The Morgan fingerprint density at radius 2 is 1.64 bits per heavy atom. The van der Waals surface area contributed by atoms with Gasteiger partial charge in [-0.3, -0.25) is 14.5 Å². The Morgan fingerprint density at radius 1 is 1.04 bits per heavy atom. The van der Waals surface area contributed by atoms with Gasteiger partial charge in [-0.15, -0.1) is 0 Å². The van der Waals surface area contributed by atoms with Gasteiger partial charge in [0.1, 0.15) is 0 Å². The SMILES string of the molecule is Cc1cc(C)c(/C=C2\SC(=O)N(Cc3ccc(I)cc3)C2=O)c(C)c1. The number of hydrogen-bond donors (Lipinski definition) is 0. The fourth-order valence-corrected chi connectivity index (χ4v) is 4.14. The van der Waals surface area contributed by atoms with Gasteiger partial charge in [0.25, 0.3) is 11.1 Å². The highest BCUT2D eigenvalue weighted by molar-refractivity contribution is 14.1. The molecule has 0 bridgehead atoms. The first-order chi connectivity index (χ1) is 11.8. The van der Waals surface area contributed by atoms with E-state index in [1.165, 1.54) is 10.5 Å². The van der Waals surface area contributed by atoms with Gasteiger partial charge in [0.05, 0.1) is 11.4 Å². The predicted octanol–water partition coefficient (Wildman–Crippen LogP) is 5.45. The molecule has 1 aliphatic heterocycles. The lowest BCUT2D eigenvalue weighted by atomic mass is 9.99. The van der Waals surface area contributed by atoms with Gasteiger partial charge in [-0.1, -0.05) is 29.8 Å². The molecule has 0 aliphatic carbocycles. The minimum atomic E-state index is -0.215. The molecule has 0 radical (unpaired) electrons. The number of carbonyl (C=O) groups is 2. The van der Waals surface area contributed by atoms with Crippen molar-refractivity contribution in [1.82, 2.24) is 4.90 Å². The number of hydrogen-bond acceptors (Lipinski definition) is 3. The Morgan fingerprint density at radius 3 is 2.24 bits per heavy atom. The smallest absolute Gasteiger partial charge is 0.268 e. The first-order valence-electron chi connectivity index (χ1n) is 7.93. The molecule has 1 fully saturated rings. The summed E-state index contributed by atoms with van der Waals surface area (Å²) in [6, 6.07) is 12.0. The van der Waals surface area contributed by atoms with Crippen LogP contribution >= 0.6 is 34.4 Å². The summed E-state index contributed by atoms with van der Waals surface area (Å²) in [5.74, 6) is -0.215. The second-order valence-corrected chi connectivity index (χ2v) is 8.45. The fourth-order valence-electron chi connectivity index (χ4n) is 2.96. The number of amides is 2. The molecule has 128 valence electrons. The number of nitrogens with zero attached hydrogens (tertiary/aromatic N) is 1. The molecule has 2 aromatic rings. The summed E-state index contributed by atoms with van der Waals surface area (Å²) < 4.78 is 1.13. The number of imide groups is 1. The molecule has 2 amide bonds. The van der Waals surface area contributed by atoms with E-state index in [2.05, 4.69) is 41.6 Å². The second kappa shape index (κ2) is 7.33. The molecule has 3 nitrogen and oxygen atoms in total. The van der Waals surface area contributed by atoms with E-state index in [9.17, 15) is 9.59 Å². The molecular weight excluding hydrogens is 445 g/mol. The fraction of sp³-hybridized carbons (Fsp3) is 0.200. The number of thioether (sulfide) groups is 1. The normalized spacial score (nSPS) is 16.2. The predicted molar refractivity (Wildman–Crippen MR) is 111 cm³/mol. The Hall–Kier alpha value is -1.60. The molecule has 1 heterocycles. The van der Waals surface area contributed by atoms with Crippen LogP contribution in [-0.4, -0.2) is 16.0 Å². The average Bonchev–Trinajstić information content (AvgIpc) is 2.80. The van der Waals surface area contributed by atoms with Crippen LogP contribution in [0.2, 0.25) is 0 Å². The molecule has 1 aliphatic rings. The summed E-state index contributed by atoms with van der Waals surface area (Å²) in [5, 5.41) is -0.211. The van der Waals surface area contributed by atoms with Gasteiger partial charge in [0.15, 0.2) is 0 Å². The van der Waals surface area contributed by atoms with Crippen molar-refractivity contribution in [2.24, 2.45) is 0 Å². The van der Waals surface area contributed by atoms with Gasteiger partial charge in [0.2, 0.25) is 0 Å². The van der Waals surface area contributed by atoms with Crippen molar-refractivity contribution < 1.29 is 9.59 Å². The maximum atomic E-state index is 12.7. The van der Waals surface area contributed by atoms with Crippen molar-refractivity contribution in [2.75, 3.05) is 0 Å². The Balaban J connectivity index is 1.87. The van der Waals surface area contributed by atoms with Gasteiger partial charge in [-0.25, -0.2) is 0 Å². The Bertz CT molecular complexity index is 864. The van der Waals surface area contributed by atoms with E-state index in [4.69, 9.17) is 0 Å². The van der Waals surface area contributed by atoms with E-state index in [0.29, 0.717) is 11.4 Å². The van der Waals surface area contributed by atoms with Gasteiger partial charge in [-0.05, 0) is 95.6 Å². The van der Waals surface area contributed by atoms with Crippen molar-refractivity contribution in [1.29, 1.82) is 0 Å². The van der Waals surface area contributed by atoms with Crippen molar-refractivity contribution in [3.63, 3.8) is 0 Å². The number of carbonyl (C=O) groups excluding carboxylic acids is 2. The van der Waals surface area contributed by atoms with Gasteiger partial charge in [0, 0.05) is 3.57 Å². The molecular formula is C20H18INO2S.